The summed E-state index contributed by atoms with van der Waals surface area (Å²) in [4.78, 5) is 4.58. The molecule has 3 rings (SSSR count). The van der Waals surface area contributed by atoms with E-state index in [0.717, 1.165) is 5.92 Å². The standard InChI is InChI=1S/C11H16N2/c1-2-7-13-10(6-1)8-12-11(13)9-4-3-5-9/h8-9H,1-7H2. The summed E-state index contributed by atoms with van der Waals surface area (Å²) in [6.45, 7) is 1.22. The Balaban J connectivity index is 1.95. The lowest BCUT2D eigenvalue weighted by molar-refractivity contribution is 0.376. The van der Waals surface area contributed by atoms with Crippen LogP contribution in [-0.2, 0) is 13.0 Å². The Morgan fingerprint density at radius 1 is 1.23 bits per heavy atom. The van der Waals surface area contributed by atoms with Crippen LogP contribution in [0.1, 0.15) is 49.5 Å². The number of fused-ring (bicyclic) bond motifs is 1. The molecule has 0 N–H and O–H groups in total. The molecule has 1 aromatic heterocycles. The number of nitrogens with zero attached hydrogens (tertiary/aromatic N) is 2. The monoisotopic (exact) mass is 176 g/mol. The second kappa shape index (κ2) is 2.86. The van der Waals surface area contributed by atoms with Crippen LogP contribution in [0.15, 0.2) is 6.20 Å². The van der Waals surface area contributed by atoms with Crippen LogP contribution in [0, 0.1) is 0 Å². The van der Waals surface area contributed by atoms with Gasteiger partial charge in [-0.05, 0) is 32.1 Å². The summed E-state index contributed by atoms with van der Waals surface area (Å²) >= 11 is 0. The van der Waals surface area contributed by atoms with Crippen LogP contribution < -0.4 is 0 Å². The Morgan fingerprint density at radius 2 is 2.15 bits per heavy atom. The van der Waals surface area contributed by atoms with Crippen molar-refractivity contribution in [1.29, 1.82) is 0 Å². The number of imidazole rings is 1. The van der Waals surface area contributed by atoms with Crippen LogP contribution in [-0.4, -0.2) is 9.55 Å². The number of aryl methyl sites for hydroxylation is 1. The summed E-state index contributed by atoms with van der Waals surface area (Å²) in [5, 5.41) is 0. The van der Waals surface area contributed by atoms with Crippen LogP contribution in [0.5, 0.6) is 0 Å². The molecule has 0 spiro atoms. The molecule has 1 saturated carbocycles. The first kappa shape index (κ1) is 7.60. The van der Waals surface area contributed by atoms with Gasteiger partial charge < -0.3 is 4.57 Å². The second-order valence-electron chi connectivity index (χ2n) is 4.34. The lowest BCUT2D eigenvalue weighted by atomic mass is 9.84. The van der Waals surface area contributed by atoms with E-state index in [0.29, 0.717) is 0 Å². The van der Waals surface area contributed by atoms with Gasteiger partial charge in [0.1, 0.15) is 5.82 Å². The molecular weight excluding hydrogens is 160 g/mol. The van der Waals surface area contributed by atoms with Gasteiger partial charge in [-0.15, -0.1) is 0 Å². The maximum Gasteiger partial charge on any atom is 0.111 e. The molecule has 1 aliphatic heterocycles. The van der Waals surface area contributed by atoms with Crippen molar-refractivity contribution in [1.82, 2.24) is 9.55 Å². The Bertz CT molecular complexity index is 310. The highest BCUT2D eigenvalue weighted by molar-refractivity contribution is 5.13. The van der Waals surface area contributed by atoms with Gasteiger partial charge in [-0.1, -0.05) is 6.42 Å². The van der Waals surface area contributed by atoms with E-state index < -0.39 is 0 Å². The first-order valence-corrected chi connectivity index (χ1v) is 5.49. The minimum atomic E-state index is 0.798. The normalized spacial score (nSPS) is 22.5. The molecule has 13 heavy (non-hydrogen) atoms. The average Bonchev–Trinajstić information content (AvgIpc) is 2.47. The third kappa shape index (κ3) is 1.11. The Labute approximate surface area is 79.0 Å². The van der Waals surface area contributed by atoms with Crippen molar-refractivity contribution in [3.05, 3.63) is 17.7 Å². The first-order chi connectivity index (χ1) is 6.45. The summed E-state index contributed by atoms with van der Waals surface area (Å²) in [6, 6.07) is 0. The predicted molar refractivity (Wildman–Crippen MR) is 51.8 cm³/mol. The van der Waals surface area contributed by atoms with Crippen molar-refractivity contribution >= 4 is 0 Å². The van der Waals surface area contributed by atoms with Crippen LogP contribution in [0.25, 0.3) is 0 Å². The van der Waals surface area contributed by atoms with Gasteiger partial charge in [0, 0.05) is 24.4 Å². The molecule has 70 valence electrons. The van der Waals surface area contributed by atoms with Gasteiger partial charge in [0.05, 0.1) is 0 Å². The number of aromatic nitrogens is 2. The van der Waals surface area contributed by atoms with E-state index in [-0.39, 0.29) is 0 Å². The van der Waals surface area contributed by atoms with Crippen LogP contribution in [0.4, 0.5) is 0 Å². The second-order valence-corrected chi connectivity index (χ2v) is 4.34. The van der Waals surface area contributed by atoms with E-state index in [2.05, 4.69) is 15.7 Å². The van der Waals surface area contributed by atoms with Gasteiger partial charge in [-0.2, -0.15) is 0 Å². The van der Waals surface area contributed by atoms with Crippen molar-refractivity contribution in [3.8, 4) is 0 Å². The van der Waals surface area contributed by atoms with Crippen molar-refractivity contribution < 1.29 is 0 Å². The van der Waals surface area contributed by atoms with Gasteiger partial charge in [0.25, 0.3) is 0 Å². The molecule has 0 amide bonds. The molecule has 0 bridgehead atoms. The zero-order chi connectivity index (χ0) is 8.67. The third-order valence-corrected chi connectivity index (χ3v) is 3.50. The fourth-order valence-corrected chi connectivity index (χ4v) is 2.45. The first-order valence-electron chi connectivity index (χ1n) is 5.49. The van der Waals surface area contributed by atoms with Gasteiger partial charge in [0.2, 0.25) is 0 Å². The lowest BCUT2D eigenvalue weighted by Crippen LogP contribution is -2.19. The lowest BCUT2D eigenvalue weighted by Gasteiger charge is -2.27. The minimum absolute atomic E-state index is 0.798. The van der Waals surface area contributed by atoms with Gasteiger partial charge in [-0.25, -0.2) is 4.98 Å². The number of hydrogen-bond acceptors (Lipinski definition) is 1. The molecule has 2 nitrogen and oxygen atoms in total. The van der Waals surface area contributed by atoms with E-state index in [1.165, 1.54) is 56.6 Å². The molecule has 1 fully saturated rings. The van der Waals surface area contributed by atoms with Crippen molar-refractivity contribution in [2.75, 3.05) is 0 Å². The molecule has 0 radical (unpaired) electrons. The van der Waals surface area contributed by atoms with E-state index >= 15 is 0 Å². The van der Waals surface area contributed by atoms with E-state index in [1.807, 2.05) is 0 Å². The van der Waals surface area contributed by atoms with Crippen molar-refractivity contribution in [2.24, 2.45) is 0 Å². The van der Waals surface area contributed by atoms with E-state index in [4.69, 9.17) is 0 Å². The summed E-state index contributed by atoms with van der Waals surface area (Å²) < 4.78 is 2.48. The van der Waals surface area contributed by atoms with E-state index in [1.54, 1.807) is 0 Å². The molecule has 0 atom stereocenters. The zero-order valence-electron chi connectivity index (χ0n) is 8.00. The quantitative estimate of drug-likeness (QED) is 0.642. The van der Waals surface area contributed by atoms with Gasteiger partial charge in [0.15, 0.2) is 0 Å². The zero-order valence-corrected chi connectivity index (χ0v) is 8.00. The molecule has 1 aromatic rings. The fourth-order valence-electron chi connectivity index (χ4n) is 2.45. The summed E-state index contributed by atoms with van der Waals surface area (Å²) in [7, 11) is 0. The minimum Gasteiger partial charge on any atom is -0.332 e. The Hall–Kier alpha value is -0.790. The van der Waals surface area contributed by atoms with E-state index in [9.17, 15) is 0 Å². The third-order valence-electron chi connectivity index (χ3n) is 3.50. The van der Waals surface area contributed by atoms with Crippen LogP contribution in [0.2, 0.25) is 0 Å². The molecule has 2 heteroatoms. The Kier molecular flexibility index (Phi) is 1.67. The molecule has 2 heterocycles. The largest absolute Gasteiger partial charge is 0.332 e. The van der Waals surface area contributed by atoms with Crippen LogP contribution >= 0.6 is 0 Å². The predicted octanol–water partition coefficient (Wildman–Crippen LogP) is 2.49. The highest BCUT2D eigenvalue weighted by atomic mass is 15.1. The number of hydrogen-bond donors (Lipinski definition) is 0. The van der Waals surface area contributed by atoms with Gasteiger partial charge >= 0.3 is 0 Å². The molecule has 0 aromatic carbocycles. The SMILES string of the molecule is c1nc(C2CCC2)n2c1CCCC2. The van der Waals surface area contributed by atoms with Crippen LogP contribution in [0.3, 0.4) is 0 Å². The molecule has 1 aliphatic carbocycles. The summed E-state index contributed by atoms with van der Waals surface area (Å²) in [6.07, 6.45) is 10.2. The highest BCUT2D eigenvalue weighted by Crippen LogP contribution is 2.36. The van der Waals surface area contributed by atoms with Gasteiger partial charge in [-0.3, -0.25) is 0 Å². The Morgan fingerprint density at radius 3 is 2.92 bits per heavy atom. The fraction of sp³-hybridized carbons (Fsp3) is 0.727. The number of rotatable bonds is 1. The average molecular weight is 176 g/mol. The molecule has 2 aliphatic rings. The molecule has 0 unspecified atom stereocenters. The summed E-state index contributed by atoms with van der Waals surface area (Å²) in [5.41, 5.74) is 1.48. The summed E-state index contributed by atoms with van der Waals surface area (Å²) in [5.74, 6) is 2.19. The maximum absolute atomic E-state index is 4.58. The smallest absolute Gasteiger partial charge is 0.111 e. The van der Waals surface area contributed by atoms with Crippen molar-refractivity contribution in [3.63, 3.8) is 0 Å². The topological polar surface area (TPSA) is 17.8 Å². The van der Waals surface area contributed by atoms with Crippen molar-refractivity contribution in [2.45, 2.75) is 51.0 Å². The maximum atomic E-state index is 4.58. The molecule has 0 saturated heterocycles. The molecular formula is C11H16N2. The highest BCUT2D eigenvalue weighted by Gasteiger charge is 2.25.